The lowest BCUT2D eigenvalue weighted by Gasteiger charge is -2.27. The number of imide groups is 1. The van der Waals surface area contributed by atoms with Gasteiger partial charge in [-0.15, -0.1) is 5.06 Å². The summed E-state index contributed by atoms with van der Waals surface area (Å²) in [5.41, 5.74) is 3.44. The van der Waals surface area contributed by atoms with Crippen LogP contribution in [0.4, 0.5) is 11.5 Å². The average Bonchev–Trinajstić information content (AvgIpc) is 3.66. The topological polar surface area (TPSA) is 285 Å². The summed E-state index contributed by atoms with van der Waals surface area (Å²) in [6, 6.07) is 5.67. The lowest BCUT2D eigenvalue weighted by atomic mass is 9.81. The molecule has 1 aromatic heterocycles. The highest BCUT2D eigenvalue weighted by Crippen LogP contribution is 2.48. The number of amides is 3. The van der Waals surface area contributed by atoms with Crippen molar-refractivity contribution in [3.8, 4) is 0 Å². The molecule has 0 saturated carbocycles. The number of pyridine rings is 1. The predicted octanol–water partition coefficient (Wildman–Crippen LogP) is 2.20. The molecule has 0 spiro atoms. The van der Waals surface area contributed by atoms with Crippen molar-refractivity contribution in [2.24, 2.45) is 4.99 Å². The van der Waals surface area contributed by atoms with Crippen LogP contribution in [0.1, 0.15) is 74.9 Å². The van der Waals surface area contributed by atoms with Gasteiger partial charge in [0, 0.05) is 42.6 Å². The first kappa shape index (κ1) is 45.9. The minimum absolute atomic E-state index is 0.0169. The number of anilines is 1. The number of aryl methyl sites for hydroxylation is 1. The Morgan fingerprint density at radius 1 is 0.883 bits per heavy atom. The average molecular weight is 895 g/mol. The van der Waals surface area contributed by atoms with Crippen LogP contribution in [0, 0.1) is 0 Å². The molecule has 60 heavy (non-hydrogen) atoms. The molecular formula is C37H44N5O15S3+. The van der Waals surface area contributed by atoms with Gasteiger partial charge in [0.1, 0.15) is 6.20 Å². The Kier molecular flexibility index (Phi) is 13.3. The van der Waals surface area contributed by atoms with Crippen LogP contribution < -0.4 is 14.9 Å². The SMILES string of the molecule is CC1(C)C(/C=C/C=C/C=C2/N(CCCS(=O)(=O)O)c3ccc(S(=O)(=O)O)cc3C2(C)C)=Nc2c1cc(C(=O)NOCC(=O)ON1C(=O)CCC1=O)c[n+]2CCCS(=O)(=O)O. The summed E-state index contributed by atoms with van der Waals surface area (Å²) >= 11 is 0. The monoisotopic (exact) mass is 894 g/mol. The van der Waals surface area contributed by atoms with Gasteiger partial charge in [0.05, 0.1) is 39.5 Å². The smallest absolute Gasteiger partial charge is 0.344 e. The predicted molar refractivity (Wildman–Crippen MR) is 212 cm³/mol. The molecule has 3 aliphatic rings. The molecule has 20 nitrogen and oxygen atoms in total. The van der Waals surface area contributed by atoms with Gasteiger partial charge in [0.2, 0.25) is 0 Å². The van der Waals surface area contributed by atoms with Crippen molar-refractivity contribution < 1.29 is 72.3 Å². The third kappa shape index (κ3) is 10.8. The number of benzene rings is 1. The largest absolute Gasteiger partial charge is 0.361 e. The van der Waals surface area contributed by atoms with Gasteiger partial charge in [-0.1, -0.05) is 32.1 Å². The Morgan fingerprint density at radius 3 is 2.17 bits per heavy atom. The molecule has 1 fully saturated rings. The second-order valence-corrected chi connectivity index (χ2v) is 19.6. The zero-order chi connectivity index (χ0) is 44.4. The molecule has 2 aromatic rings. The summed E-state index contributed by atoms with van der Waals surface area (Å²) in [5, 5.41) is 0.333. The van der Waals surface area contributed by atoms with Crippen molar-refractivity contribution in [3.05, 3.63) is 83.2 Å². The lowest BCUT2D eigenvalue weighted by molar-refractivity contribution is -0.684. The number of aromatic nitrogens is 1. The van der Waals surface area contributed by atoms with Crippen LogP contribution in [0.3, 0.4) is 0 Å². The molecule has 0 unspecified atom stereocenters. The number of allylic oxidation sites excluding steroid dienone is 6. The summed E-state index contributed by atoms with van der Waals surface area (Å²) in [4.78, 5) is 64.8. The van der Waals surface area contributed by atoms with E-state index in [0.29, 0.717) is 39.1 Å². The number of hydrogen-bond donors (Lipinski definition) is 4. The fraction of sp³-hybridized carbons (Fsp3) is 0.405. The first-order valence-electron chi connectivity index (χ1n) is 18.3. The molecule has 23 heteroatoms. The van der Waals surface area contributed by atoms with Gasteiger partial charge in [-0.3, -0.25) is 32.9 Å². The number of fused-ring (bicyclic) bond motifs is 2. The Labute approximate surface area is 346 Å². The number of carbonyl (C=O) groups excluding carboxylic acids is 4. The third-order valence-corrected chi connectivity index (χ3v) is 12.4. The van der Waals surface area contributed by atoms with E-state index in [2.05, 4.69) is 5.48 Å². The molecule has 5 rings (SSSR count). The normalized spacial score (nSPS) is 18.1. The fourth-order valence-corrected chi connectivity index (χ4v) is 8.39. The van der Waals surface area contributed by atoms with Crippen molar-refractivity contribution in [1.82, 2.24) is 10.5 Å². The number of aliphatic imine (C=N–C) groups is 1. The Morgan fingerprint density at radius 2 is 1.53 bits per heavy atom. The summed E-state index contributed by atoms with van der Waals surface area (Å²) < 4.78 is 99.6. The van der Waals surface area contributed by atoms with E-state index in [1.807, 2.05) is 32.6 Å². The second-order valence-electron chi connectivity index (χ2n) is 15.1. The van der Waals surface area contributed by atoms with Gasteiger partial charge in [-0.25, -0.2) is 14.8 Å². The van der Waals surface area contributed by atoms with Crippen LogP contribution in [-0.4, -0.2) is 98.0 Å². The minimum atomic E-state index is -4.52. The van der Waals surface area contributed by atoms with E-state index < -0.39 is 83.0 Å². The van der Waals surface area contributed by atoms with Crippen LogP contribution in [0.2, 0.25) is 0 Å². The van der Waals surface area contributed by atoms with Crippen LogP contribution in [0.15, 0.2) is 76.4 Å². The number of nitrogens with zero attached hydrogens (tertiary/aromatic N) is 4. The number of carbonyl (C=O) groups is 4. The first-order chi connectivity index (χ1) is 27.8. The highest BCUT2D eigenvalue weighted by atomic mass is 32.2. The molecule has 4 N–H and O–H groups in total. The molecule has 324 valence electrons. The third-order valence-electron chi connectivity index (χ3n) is 9.94. The Balaban J connectivity index is 1.36. The van der Waals surface area contributed by atoms with E-state index in [-0.39, 0.29) is 49.2 Å². The first-order valence-corrected chi connectivity index (χ1v) is 23.0. The van der Waals surface area contributed by atoms with Gasteiger partial charge < -0.3 is 9.74 Å². The van der Waals surface area contributed by atoms with Crippen LogP contribution >= 0.6 is 0 Å². The van der Waals surface area contributed by atoms with Crippen molar-refractivity contribution >= 4 is 71.3 Å². The van der Waals surface area contributed by atoms with Gasteiger partial charge in [-0.05, 0) is 67.2 Å². The van der Waals surface area contributed by atoms with Gasteiger partial charge >= 0.3 is 11.8 Å². The molecular weight excluding hydrogens is 851 g/mol. The number of nitrogens with one attached hydrogen (secondary N) is 1. The van der Waals surface area contributed by atoms with Crippen LogP contribution in [-0.2, 0) is 71.8 Å². The van der Waals surface area contributed by atoms with E-state index in [0.717, 1.165) is 0 Å². The molecule has 0 aliphatic carbocycles. The summed E-state index contributed by atoms with van der Waals surface area (Å²) in [7, 11) is -13.1. The van der Waals surface area contributed by atoms with Gasteiger partial charge in [-0.2, -0.15) is 25.3 Å². The lowest BCUT2D eigenvalue weighted by Crippen LogP contribution is -2.39. The highest BCUT2D eigenvalue weighted by molar-refractivity contribution is 7.86. The molecule has 1 aromatic carbocycles. The van der Waals surface area contributed by atoms with E-state index in [1.54, 1.807) is 41.0 Å². The second kappa shape index (κ2) is 17.4. The standard InChI is InChI=1S/C37H43N5O15S3/c1-36(2)27-20-24(35(46)39-56-23-33(45)57-42-31(43)14-15-32(42)44)22-40(16-8-18-58(47,48)49)34(27)38-29(36)10-6-5-7-11-30-37(3,4)26-21-25(60(53,54)55)12-13-28(26)41(30)17-9-19-59(50,51)52/h5-7,10-13,20-22H,8-9,14-19,23H2,1-4H3,(H3-,39,46,47,48,49,50,51,52,53,54,55)/p+1. The van der Waals surface area contributed by atoms with E-state index in [1.165, 1.54) is 24.4 Å². The molecule has 0 atom stereocenters. The van der Waals surface area contributed by atoms with Crippen LogP contribution in [0.25, 0.3) is 0 Å². The number of hydrogen-bond acceptors (Lipinski definition) is 14. The van der Waals surface area contributed by atoms with Gasteiger partial charge in [0.25, 0.3) is 48.1 Å². The quantitative estimate of drug-likeness (QED) is 0.0582. The van der Waals surface area contributed by atoms with Gasteiger partial charge in [0.15, 0.2) is 12.3 Å². The summed E-state index contributed by atoms with van der Waals surface area (Å²) in [5.74, 6) is -3.99. The maximum absolute atomic E-state index is 13.2. The number of rotatable bonds is 17. The Bertz CT molecular complexity index is 2560. The molecule has 0 radical (unpaired) electrons. The maximum Gasteiger partial charge on any atom is 0.361 e. The summed E-state index contributed by atoms with van der Waals surface area (Å²) in [6.07, 6.45) is 9.78. The number of hydroxylamine groups is 3. The fourth-order valence-electron chi connectivity index (χ4n) is 6.90. The van der Waals surface area contributed by atoms with E-state index in [4.69, 9.17) is 14.7 Å². The zero-order valence-corrected chi connectivity index (χ0v) is 35.3. The van der Waals surface area contributed by atoms with E-state index in [9.17, 15) is 58.1 Å². The summed E-state index contributed by atoms with van der Waals surface area (Å²) in [6.45, 7) is 6.69. The maximum atomic E-state index is 13.2. The van der Waals surface area contributed by atoms with E-state index >= 15 is 0 Å². The molecule has 3 aliphatic heterocycles. The van der Waals surface area contributed by atoms with Crippen LogP contribution in [0.5, 0.6) is 0 Å². The zero-order valence-electron chi connectivity index (χ0n) is 32.9. The van der Waals surface area contributed by atoms with Crippen molar-refractivity contribution in [2.75, 3.05) is 29.6 Å². The Hall–Kier alpha value is -5.17. The minimum Gasteiger partial charge on any atom is -0.344 e. The molecule has 0 bridgehead atoms. The van der Waals surface area contributed by atoms with Crippen molar-refractivity contribution in [2.45, 2.75) is 75.6 Å². The highest BCUT2D eigenvalue weighted by Gasteiger charge is 2.44. The van der Waals surface area contributed by atoms with Crippen molar-refractivity contribution in [3.63, 3.8) is 0 Å². The molecule has 1 saturated heterocycles. The molecule has 3 amide bonds. The van der Waals surface area contributed by atoms with Crippen molar-refractivity contribution in [1.29, 1.82) is 0 Å². The molecule has 4 heterocycles.